The van der Waals surface area contributed by atoms with E-state index in [0.717, 1.165) is 0 Å². The molecule has 0 spiro atoms. The number of phosphoric acid groups is 1. The van der Waals surface area contributed by atoms with Crippen molar-refractivity contribution in [1.82, 2.24) is 0 Å². The molecule has 0 aromatic heterocycles. The smallest absolute Gasteiger partial charge is 0.433 e. The number of phosphoric ester groups is 1. The Morgan fingerprint density at radius 1 is 1.53 bits per heavy atom. The summed E-state index contributed by atoms with van der Waals surface area (Å²) in [5.41, 5.74) is 0. The van der Waals surface area contributed by atoms with Crippen LogP contribution in [0.1, 0.15) is 13.3 Å². The van der Waals surface area contributed by atoms with Crippen LogP contribution in [0, 0.1) is 0 Å². The lowest BCUT2D eigenvalue weighted by Crippen LogP contribution is -2.08. The normalized spacial score (nSPS) is 14.3. The highest BCUT2D eigenvalue weighted by Gasteiger charge is 2.21. The lowest BCUT2D eigenvalue weighted by molar-refractivity contribution is -0.148. The highest BCUT2D eigenvalue weighted by atomic mass is 31.2. The highest BCUT2D eigenvalue weighted by molar-refractivity contribution is 7.47. The molecule has 8 heteroatoms. The average molecular weight is 242 g/mol. The van der Waals surface area contributed by atoms with Gasteiger partial charge in [0, 0.05) is 0 Å². The number of rotatable bonds is 7. The molecule has 0 amide bonds. The summed E-state index contributed by atoms with van der Waals surface area (Å²) in [6.45, 7) is 3.54. The predicted octanol–water partition coefficient (Wildman–Crippen LogP) is 1.51. The number of ether oxygens (including phenoxy) is 1. The van der Waals surface area contributed by atoms with Gasteiger partial charge in [0.15, 0.2) is 0 Å². The quantitative estimate of drug-likeness (QED) is 0.315. The van der Waals surface area contributed by atoms with E-state index in [9.17, 15) is 13.8 Å². The van der Waals surface area contributed by atoms with Gasteiger partial charge in [-0.05, 0) is 6.42 Å². The fraction of sp³-hybridized carbons (Fsp3) is 0.571. The van der Waals surface area contributed by atoms with E-state index in [4.69, 9.17) is 4.89 Å². The van der Waals surface area contributed by atoms with Gasteiger partial charge in [0.05, 0.1) is 6.61 Å². The molecule has 0 aliphatic carbocycles. The van der Waals surface area contributed by atoms with Crippen molar-refractivity contribution in [2.75, 3.05) is 13.4 Å². The Kier molecular flexibility index (Phi) is 6.35. The molecule has 0 rings (SSSR count). The van der Waals surface area contributed by atoms with E-state index in [2.05, 4.69) is 20.4 Å². The van der Waals surface area contributed by atoms with Crippen LogP contribution in [0.2, 0.25) is 0 Å². The summed E-state index contributed by atoms with van der Waals surface area (Å²) in [5, 5.41) is 0. The molecule has 88 valence electrons. The second-order valence-electron chi connectivity index (χ2n) is 2.39. The summed E-state index contributed by atoms with van der Waals surface area (Å²) in [6.07, 6.45) is 0.523. The number of carbonyl (C=O) groups is 1. The molecule has 0 saturated heterocycles. The van der Waals surface area contributed by atoms with E-state index >= 15 is 0 Å². The third kappa shape index (κ3) is 7.21. The number of hydrogen-bond donors (Lipinski definition) is 1. The monoisotopic (exact) mass is 242 g/mol. The van der Waals surface area contributed by atoms with Gasteiger partial charge in [-0.2, -0.15) is 4.39 Å². The van der Waals surface area contributed by atoms with E-state index in [-0.39, 0.29) is 6.61 Å². The molecule has 0 saturated carbocycles. The minimum Gasteiger partial charge on any atom is -0.433 e. The van der Waals surface area contributed by atoms with Crippen LogP contribution in [0.4, 0.5) is 4.39 Å². The first-order valence-electron chi connectivity index (χ1n) is 4.02. The molecular formula is C7H12FO6P. The fourth-order valence-corrected chi connectivity index (χ4v) is 1.14. The molecule has 0 aliphatic heterocycles. The standard InChI is InChI=1S/C7H12FO6P/c1-3-4-13-15(10,11)14-5-12-7(9)6(2)8/h2-5H2,1H3,(H,10,11). The van der Waals surface area contributed by atoms with Gasteiger partial charge in [0.25, 0.3) is 0 Å². The third-order valence-corrected chi connectivity index (χ3v) is 2.03. The zero-order valence-electron chi connectivity index (χ0n) is 8.14. The third-order valence-electron chi connectivity index (χ3n) is 1.09. The van der Waals surface area contributed by atoms with Crippen LogP contribution in [0.5, 0.6) is 0 Å². The van der Waals surface area contributed by atoms with Crippen LogP contribution >= 0.6 is 7.82 Å². The number of halogens is 1. The molecular weight excluding hydrogens is 230 g/mol. The predicted molar refractivity (Wildman–Crippen MR) is 48.4 cm³/mol. The minimum absolute atomic E-state index is 0.0253. The van der Waals surface area contributed by atoms with Crippen molar-refractivity contribution in [2.24, 2.45) is 0 Å². The summed E-state index contributed by atoms with van der Waals surface area (Å²) < 4.78 is 35.6. The van der Waals surface area contributed by atoms with Gasteiger partial charge in [0.1, 0.15) is 0 Å². The molecule has 0 aromatic rings. The highest BCUT2D eigenvalue weighted by Crippen LogP contribution is 2.42. The Balaban J connectivity index is 3.79. The van der Waals surface area contributed by atoms with Crippen LogP contribution in [-0.2, 0) is 23.1 Å². The van der Waals surface area contributed by atoms with Crippen LogP contribution in [0.15, 0.2) is 12.4 Å². The van der Waals surface area contributed by atoms with Crippen molar-refractivity contribution >= 4 is 13.8 Å². The molecule has 0 heterocycles. The summed E-state index contributed by atoms with van der Waals surface area (Å²) in [4.78, 5) is 19.4. The molecule has 0 radical (unpaired) electrons. The Morgan fingerprint density at radius 3 is 2.60 bits per heavy atom. The summed E-state index contributed by atoms with van der Waals surface area (Å²) in [7, 11) is -4.22. The molecule has 1 N–H and O–H groups in total. The van der Waals surface area contributed by atoms with Gasteiger partial charge >= 0.3 is 13.8 Å². The Hall–Kier alpha value is -0.750. The van der Waals surface area contributed by atoms with Gasteiger partial charge in [-0.15, -0.1) is 0 Å². The van der Waals surface area contributed by atoms with E-state index < -0.39 is 26.4 Å². The second kappa shape index (κ2) is 6.68. The first-order valence-corrected chi connectivity index (χ1v) is 5.52. The van der Waals surface area contributed by atoms with Crippen LogP contribution in [0.25, 0.3) is 0 Å². The lowest BCUT2D eigenvalue weighted by atomic mass is 10.5. The maximum Gasteiger partial charge on any atom is 0.475 e. The molecule has 0 bridgehead atoms. The second-order valence-corrected chi connectivity index (χ2v) is 3.84. The zero-order chi connectivity index (χ0) is 11.9. The fourth-order valence-electron chi connectivity index (χ4n) is 0.469. The summed E-state index contributed by atoms with van der Waals surface area (Å²) in [5.74, 6) is -2.67. The maximum atomic E-state index is 12.0. The van der Waals surface area contributed by atoms with E-state index in [1.54, 1.807) is 6.92 Å². The first kappa shape index (κ1) is 14.2. The number of hydrogen-bond acceptors (Lipinski definition) is 5. The molecule has 0 aliphatic rings. The minimum atomic E-state index is -4.22. The van der Waals surface area contributed by atoms with E-state index in [0.29, 0.717) is 6.42 Å². The van der Waals surface area contributed by atoms with Gasteiger partial charge in [-0.25, -0.2) is 13.9 Å². The van der Waals surface area contributed by atoms with Crippen molar-refractivity contribution in [3.8, 4) is 0 Å². The van der Waals surface area contributed by atoms with Gasteiger partial charge in [-0.1, -0.05) is 13.5 Å². The van der Waals surface area contributed by atoms with Crippen molar-refractivity contribution < 1.29 is 32.4 Å². The van der Waals surface area contributed by atoms with Crippen molar-refractivity contribution in [3.05, 3.63) is 12.4 Å². The van der Waals surface area contributed by atoms with Crippen molar-refractivity contribution in [3.63, 3.8) is 0 Å². The topological polar surface area (TPSA) is 82.1 Å². The first-order chi connectivity index (χ1) is 6.89. The van der Waals surface area contributed by atoms with Gasteiger partial charge < -0.3 is 9.63 Å². The summed E-state index contributed by atoms with van der Waals surface area (Å²) >= 11 is 0. The summed E-state index contributed by atoms with van der Waals surface area (Å²) in [6, 6.07) is 0. The average Bonchev–Trinajstić information content (AvgIpc) is 2.14. The van der Waals surface area contributed by atoms with Gasteiger partial charge in [-0.3, -0.25) is 4.52 Å². The van der Waals surface area contributed by atoms with Crippen LogP contribution in [0.3, 0.4) is 0 Å². The van der Waals surface area contributed by atoms with Crippen LogP contribution < -0.4 is 0 Å². The molecule has 6 nitrogen and oxygen atoms in total. The van der Waals surface area contributed by atoms with Gasteiger partial charge in [0.2, 0.25) is 12.6 Å². The maximum absolute atomic E-state index is 12.0. The largest absolute Gasteiger partial charge is 0.475 e. The Morgan fingerprint density at radius 2 is 2.13 bits per heavy atom. The molecule has 0 fully saturated rings. The number of esters is 1. The van der Waals surface area contributed by atoms with E-state index in [1.165, 1.54) is 0 Å². The zero-order valence-corrected chi connectivity index (χ0v) is 9.04. The van der Waals surface area contributed by atoms with Crippen molar-refractivity contribution in [1.29, 1.82) is 0 Å². The SMILES string of the molecule is C=C(F)C(=O)OCOP(=O)(O)OCCC. The Labute approximate surface area is 86.3 Å². The molecule has 15 heavy (non-hydrogen) atoms. The molecule has 0 aromatic carbocycles. The molecule has 1 unspecified atom stereocenters. The lowest BCUT2D eigenvalue weighted by Gasteiger charge is -2.10. The van der Waals surface area contributed by atoms with E-state index in [1.807, 2.05) is 0 Å². The number of carbonyl (C=O) groups excluding carboxylic acids is 1. The Bertz CT molecular complexity index is 279. The van der Waals surface area contributed by atoms with Crippen molar-refractivity contribution in [2.45, 2.75) is 13.3 Å². The molecule has 1 atom stereocenters. The van der Waals surface area contributed by atoms with Crippen LogP contribution in [-0.4, -0.2) is 24.3 Å².